The number of hydrogen-bond acceptors (Lipinski definition) is 1. The number of amides is 1. The molecule has 1 aliphatic rings. The lowest BCUT2D eigenvalue weighted by Crippen LogP contribution is -2.37. The van der Waals surface area contributed by atoms with Gasteiger partial charge in [-0.05, 0) is 36.6 Å². The van der Waals surface area contributed by atoms with Gasteiger partial charge in [0, 0.05) is 17.0 Å². The molecule has 6 heteroatoms. The second-order valence-electron chi connectivity index (χ2n) is 6.18. The molecule has 1 aliphatic carbocycles. The zero-order valence-electron chi connectivity index (χ0n) is 13.3. The highest BCUT2D eigenvalue weighted by molar-refractivity contribution is 6.31. The molecule has 1 fully saturated rings. The van der Waals surface area contributed by atoms with E-state index in [1.165, 1.54) is 18.2 Å². The van der Waals surface area contributed by atoms with Crippen molar-refractivity contribution in [2.24, 2.45) is 0 Å². The van der Waals surface area contributed by atoms with E-state index in [4.69, 9.17) is 11.6 Å². The summed E-state index contributed by atoms with van der Waals surface area (Å²) in [6, 6.07) is 12.0. The molecule has 3 rings (SSSR count). The molecule has 1 N–H and O–H groups in total. The number of carbonyl (C=O) groups is 1. The average Bonchev–Trinajstić information content (AvgIpc) is 3.02. The second kappa shape index (κ2) is 7.08. The molecule has 2 nitrogen and oxygen atoms in total. The van der Waals surface area contributed by atoms with E-state index < -0.39 is 17.6 Å². The molecule has 0 bridgehead atoms. The summed E-state index contributed by atoms with van der Waals surface area (Å²) in [5.41, 5.74) is -0.337. The fourth-order valence-corrected chi connectivity index (χ4v) is 3.73. The van der Waals surface area contributed by atoms with Gasteiger partial charge in [0.15, 0.2) is 0 Å². The fourth-order valence-electron chi connectivity index (χ4n) is 3.46. The lowest BCUT2D eigenvalue weighted by atomic mass is 9.93. The van der Waals surface area contributed by atoms with Crippen LogP contribution in [0, 0.1) is 0 Å². The molecule has 2 aromatic rings. The molecule has 25 heavy (non-hydrogen) atoms. The Bertz CT molecular complexity index is 775. The molecule has 0 unspecified atom stereocenters. The van der Waals surface area contributed by atoms with Crippen LogP contribution in [0.2, 0.25) is 5.02 Å². The van der Waals surface area contributed by atoms with Gasteiger partial charge < -0.3 is 5.32 Å². The first-order chi connectivity index (χ1) is 11.9. The second-order valence-corrected chi connectivity index (χ2v) is 6.59. The molecule has 0 aliphatic heterocycles. The summed E-state index contributed by atoms with van der Waals surface area (Å²) < 4.78 is 39.4. The average molecular weight is 368 g/mol. The van der Waals surface area contributed by atoms with Crippen molar-refractivity contribution in [3.8, 4) is 0 Å². The summed E-state index contributed by atoms with van der Waals surface area (Å²) in [7, 11) is 0. The van der Waals surface area contributed by atoms with Crippen LogP contribution in [0.5, 0.6) is 0 Å². The molecule has 2 aromatic carbocycles. The Balaban J connectivity index is 1.83. The van der Waals surface area contributed by atoms with Crippen molar-refractivity contribution in [2.75, 3.05) is 0 Å². The molecule has 2 atom stereocenters. The maximum absolute atomic E-state index is 13.1. The Kier molecular flexibility index (Phi) is 5.04. The van der Waals surface area contributed by atoms with E-state index in [1.807, 2.05) is 18.2 Å². The Morgan fingerprint density at radius 2 is 1.72 bits per heavy atom. The van der Waals surface area contributed by atoms with Gasteiger partial charge in [-0.25, -0.2) is 0 Å². The van der Waals surface area contributed by atoms with E-state index in [-0.39, 0.29) is 17.5 Å². The number of nitrogens with one attached hydrogen (secondary N) is 1. The summed E-state index contributed by atoms with van der Waals surface area (Å²) in [5, 5.41) is 3.40. The molecular formula is C19H17ClF3NO. The van der Waals surface area contributed by atoms with Crippen LogP contribution >= 0.6 is 11.6 Å². The van der Waals surface area contributed by atoms with Gasteiger partial charge in [-0.15, -0.1) is 0 Å². The number of hydrogen-bond donors (Lipinski definition) is 1. The van der Waals surface area contributed by atoms with E-state index in [9.17, 15) is 18.0 Å². The highest BCUT2D eigenvalue weighted by atomic mass is 35.5. The van der Waals surface area contributed by atoms with E-state index in [1.54, 1.807) is 6.07 Å². The van der Waals surface area contributed by atoms with Crippen molar-refractivity contribution < 1.29 is 18.0 Å². The topological polar surface area (TPSA) is 29.1 Å². The number of alkyl halides is 3. The van der Waals surface area contributed by atoms with Crippen LogP contribution in [0.1, 0.15) is 46.7 Å². The fraction of sp³-hybridized carbons (Fsp3) is 0.316. The monoisotopic (exact) mass is 367 g/mol. The summed E-state index contributed by atoms with van der Waals surface area (Å²) in [6.07, 6.45) is -2.11. The molecule has 0 radical (unpaired) electrons. The first kappa shape index (κ1) is 17.8. The third-order valence-corrected chi connectivity index (χ3v) is 4.96. The SMILES string of the molecule is O=C(N[C@@H]1CCC[C@H]1c1ccccc1Cl)c1ccccc1C(F)(F)F. The van der Waals surface area contributed by atoms with Crippen LogP contribution in [-0.4, -0.2) is 11.9 Å². The van der Waals surface area contributed by atoms with Gasteiger partial charge in [0.2, 0.25) is 0 Å². The Hall–Kier alpha value is -2.01. The Morgan fingerprint density at radius 1 is 1.04 bits per heavy atom. The van der Waals surface area contributed by atoms with Crippen molar-refractivity contribution in [3.05, 3.63) is 70.2 Å². The normalized spacial score (nSPS) is 20.5. The number of halogens is 4. The van der Waals surface area contributed by atoms with Crippen LogP contribution in [-0.2, 0) is 6.18 Å². The van der Waals surface area contributed by atoms with Crippen molar-refractivity contribution >= 4 is 17.5 Å². The minimum Gasteiger partial charge on any atom is -0.349 e. The Morgan fingerprint density at radius 3 is 2.44 bits per heavy atom. The first-order valence-corrected chi connectivity index (χ1v) is 8.47. The van der Waals surface area contributed by atoms with E-state index >= 15 is 0 Å². The number of carbonyl (C=O) groups excluding carboxylic acids is 1. The molecule has 1 saturated carbocycles. The zero-order valence-corrected chi connectivity index (χ0v) is 14.1. The van der Waals surface area contributed by atoms with Crippen LogP contribution in [0.15, 0.2) is 48.5 Å². The lowest BCUT2D eigenvalue weighted by Gasteiger charge is -2.23. The molecule has 0 spiro atoms. The van der Waals surface area contributed by atoms with Gasteiger partial charge in [0.05, 0.1) is 11.1 Å². The Labute approximate surface area is 149 Å². The van der Waals surface area contributed by atoms with E-state index in [2.05, 4.69) is 5.32 Å². The van der Waals surface area contributed by atoms with Crippen LogP contribution in [0.25, 0.3) is 0 Å². The molecule has 132 valence electrons. The minimum absolute atomic E-state index is 0.00991. The van der Waals surface area contributed by atoms with E-state index in [0.29, 0.717) is 5.02 Å². The zero-order chi connectivity index (χ0) is 18.0. The smallest absolute Gasteiger partial charge is 0.349 e. The van der Waals surface area contributed by atoms with Gasteiger partial charge in [-0.1, -0.05) is 48.4 Å². The van der Waals surface area contributed by atoms with Crippen LogP contribution in [0.4, 0.5) is 13.2 Å². The third-order valence-electron chi connectivity index (χ3n) is 4.61. The maximum Gasteiger partial charge on any atom is 0.417 e. The van der Waals surface area contributed by atoms with Gasteiger partial charge in [0.25, 0.3) is 5.91 Å². The summed E-state index contributed by atoms with van der Waals surface area (Å²) in [5.74, 6) is -0.687. The molecule has 0 aromatic heterocycles. The molecule has 0 saturated heterocycles. The predicted octanol–water partition coefficient (Wildman–Crippen LogP) is 5.42. The van der Waals surface area contributed by atoms with Crippen molar-refractivity contribution in [3.63, 3.8) is 0 Å². The van der Waals surface area contributed by atoms with Gasteiger partial charge in [-0.3, -0.25) is 4.79 Å². The summed E-state index contributed by atoms with van der Waals surface area (Å²) >= 11 is 6.25. The highest BCUT2D eigenvalue weighted by Gasteiger charge is 2.36. The molecule has 1 amide bonds. The van der Waals surface area contributed by atoms with Gasteiger partial charge in [-0.2, -0.15) is 13.2 Å². The summed E-state index contributed by atoms with van der Waals surface area (Å²) in [4.78, 5) is 12.5. The molecule has 0 heterocycles. The number of benzene rings is 2. The third kappa shape index (κ3) is 3.82. The largest absolute Gasteiger partial charge is 0.417 e. The van der Waals surface area contributed by atoms with Crippen LogP contribution < -0.4 is 5.32 Å². The predicted molar refractivity (Wildman–Crippen MR) is 90.7 cm³/mol. The van der Waals surface area contributed by atoms with Crippen molar-refractivity contribution in [2.45, 2.75) is 37.4 Å². The van der Waals surface area contributed by atoms with Gasteiger partial charge in [0.1, 0.15) is 0 Å². The summed E-state index contributed by atoms with van der Waals surface area (Å²) in [6.45, 7) is 0. The number of rotatable bonds is 3. The van der Waals surface area contributed by atoms with E-state index in [0.717, 1.165) is 30.9 Å². The first-order valence-electron chi connectivity index (χ1n) is 8.09. The van der Waals surface area contributed by atoms with Crippen molar-refractivity contribution in [1.82, 2.24) is 5.32 Å². The standard InChI is InChI=1S/C19H17ClF3NO/c20-16-10-4-2-6-12(16)13-8-5-11-17(13)24-18(25)14-7-1-3-9-15(14)19(21,22)23/h1-4,6-7,9-10,13,17H,5,8,11H2,(H,24,25)/t13-,17+/m0/s1. The minimum atomic E-state index is -4.56. The maximum atomic E-state index is 13.1. The van der Waals surface area contributed by atoms with Gasteiger partial charge >= 0.3 is 6.18 Å². The molecular weight excluding hydrogens is 351 g/mol. The van der Waals surface area contributed by atoms with Crippen molar-refractivity contribution in [1.29, 1.82) is 0 Å². The van der Waals surface area contributed by atoms with Crippen LogP contribution in [0.3, 0.4) is 0 Å². The quantitative estimate of drug-likeness (QED) is 0.770. The highest BCUT2D eigenvalue weighted by Crippen LogP contribution is 2.38. The lowest BCUT2D eigenvalue weighted by molar-refractivity contribution is -0.137.